The molecule has 0 saturated carbocycles. The molecule has 1 amide bonds. The molecule has 4 rings (SSSR count). The Morgan fingerprint density at radius 3 is 2.59 bits per heavy atom. The highest BCUT2D eigenvalue weighted by Gasteiger charge is 2.31. The van der Waals surface area contributed by atoms with Gasteiger partial charge in [-0.3, -0.25) is 4.79 Å². The molecule has 2 aromatic heterocycles. The fraction of sp³-hybridized carbons (Fsp3) is 0.381. The highest BCUT2D eigenvalue weighted by Crippen LogP contribution is 2.22. The van der Waals surface area contributed by atoms with Crippen LogP contribution in [0.5, 0.6) is 0 Å². The number of carbonyl (C=O) groups is 1. The summed E-state index contributed by atoms with van der Waals surface area (Å²) < 4.78 is 28.9. The Morgan fingerprint density at radius 1 is 1.16 bits per heavy atom. The Hall–Kier alpha value is -3.36. The van der Waals surface area contributed by atoms with Crippen molar-refractivity contribution < 1.29 is 13.2 Å². The molecule has 0 spiro atoms. The van der Waals surface area contributed by atoms with E-state index in [1.807, 2.05) is 19.9 Å². The van der Waals surface area contributed by atoms with Crippen molar-refractivity contribution in [1.29, 1.82) is 5.26 Å². The summed E-state index contributed by atoms with van der Waals surface area (Å²) in [6.07, 6.45) is 2.27. The van der Waals surface area contributed by atoms with Gasteiger partial charge >= 0.3 is 0 Å². The first-order valence-corrected chi connectivity index (χ1v) is 11.7. The number of nitriles is 1. The minimum absolute atomic E-state index is 0.00392. The van der Waals surface area contributed by atoms with Gasteiger partial charge in [0.2, 0.25) is 15.9 Å². The highest BCUT2D eigenvalue weighted by atomic mass is 32.2. The average Bonchev–Trinajstić information content (AvgIpc) is 3.27. The maximum absolute atomic E-state index is 13.0. The van der Waals surface area contributed by atoms with Gasteiger partial charge in [0.15, 0.2) is 0 Å². The van der Waals surface area contributed by atoms with Gasteiger partial charge in [0.25, 0.3) is 5.78 Å². The standard InChI is InChI=1S/C21H23N7O3S/c1-15-18(16(2)28-21(25-15)23-14-24-28)7-8-20(29)26-9-11-27(12-10-26)32(30,31)19-6-4-3-5-17(19)13-22/h3-6,14H,7-12H2,1-2H3. The first-order chi connectivity index (χ1) is 15.3. The van der Waals surface area contributed by atoms with E-state index >= 15 is 0 Å². The van der Waals surface area contributed by atoms with Crippen molar-refractivity contribution in [3.05, 3.63) is 53.1 Å². The molecule has 3 heterocycles. The minimum atomic E-state index is -3.79. The van der Waals surface area contributed by atoms with Crippen molar-refractivity contribution in [3.63, 3.8) is 0 Å². The summed E-state index contributed by atoms with van der Waals surface area (Å²) in [6, 6.07) is 8.09. The number of hydrogen-bond donors (Lipinski definition) is 0. The predicted octanol–water partition coefficient (Wildman–Crippen LogP) is 1.08. The van der Waals surface area contributed by atoms with Gasteiger partial charge in [-0.2, -0.15) is 19.6 Å². The highest BCUT2D eigenvalue weighted by molar-refractivity contribution is 7.89. The average molecular weight is 454 g/mol. The van der Waals surface area contributed by atoms with Crippen molar-refractivity contribution in [2.24, 2.45) is 0 Å². The van der Waals surface area contributed by atoms with Crippen LogP contribution in [-0.2, 0) is 21.2 Å². The molecule has 1 aliphatic rings. The monoisotopic (exact) mass is 453 g/mol. The lowest BCUT2D eigenvalue weighted by Crippen LogP contribution is -2.50. The number of carbonyl (C=O) groups excluding carboxylic acids is 1. The fourth-order valence-corrected chi connectivity index (χ4v) is 5.57. The number of piperazine rings is 1. The van der Waals surface area contributed by atoms with Gasteiger partial charge in [-0.25, -0.2) is 17.9 Å². The SMILES string of the molecule is Cc1nc2ncnn2c(C)c1CCC(=O)N1CCN(S(=O)(=O)c2ccccc2C#N)CC1. The minimum Gasteiger partial charge on any atom is -0.340 e. The second-order valence-electron chi connectivity index (χ2n) is 7.63. The third-order valence-electron chi connectivity index (χ3n) is 5.79. The lowest BCUT2D eigenvalue weighted by Gasteiger charge is -2.34. The molecule has 3 aromatic rings. The molecule has 0 radical (unpaired) electrons. The molecule has 11 heteroatoms. The number of hydrogen-bond acceptors (Lipinski definition) is 7. The van der Waals surface area contributed by atoms with Crippen LogP contribution in [0.1, 0.15) is 28.9 Å². The molecule has 166 valence electrons. The lowest BCUT2D eigenvalue weighted by atomic mass is 10.1. The van der Waals surface area contributed by atoms with E-state index in [-0.39, 0.29) is 29.5 Å². The van der Waals surface area contributed by atoms with Crippen LogP contribution in [0.25, 0.3) is 5.78 Å². The summed E-state index contributed by atoms with van der Waals surface area (Å²) in [4.78, 5) is 23.0. The zero-order chi connectivity index (χ0) is 22.9. The zero-order valence-corrected chi connectivity index (χ0v) is 18.7. The Kier molecular flexibility index (Phi) is 5.90. The molecular formula is C21H23N7O3S. The molecule has 32 heavy (non-hydrogen) atoms. The Morgan fingerprint density at radius 2 is 1.88 bits per heavy atom. The number of aryl methyl sites for hydroxylation is 2. The van der Waals surface area contributed by atoms with Gasteiger partial charge in [0.05, 0.1) is 10.5 Å². The number of sulfonamides is 1. The van der Waals surface area contributed by atoms with Gasteiger partial charge < -0.3 is 4.90 Å². The van der Waals surface area contributed by atoms with Gasteiger partial charge in [0.1, 0.15) is 12.4 Å². The molecule has 1 aliphatic heterocycles. The normalized spacial score (nSPS) is 15.1. The Bertz CT molecular complexity index is 1320. The van der Waals surface area contributed by atoms with Crippen LogP contribution < -0.4 is 0 Å². The summed E-state index contributed by atoms with van der Waals surface area (Å²) in [5.41, 5.74) is 2.81. The predicted molar refractivity (Wildman–Crippen MR) is 115 cm³/mol. The van der Waals surface area contributed by atoms with Gasteiger partial charge in [-0.05, 0) is 38.0 Å². The molecule has 1 fully saturated rings. The van der Waals surface area contributed by atoms with Crippen molar-refractivity contribution in [1.82, 2.24) is 28.8 Å². The molecule has 1 saturated heterocycles. The first-order valence-electron chi connectivity index (χ1n) is 10.3. The third kappa shape index (κ3) is 3.94. The van der Waals surface area contributed by atoms with Gasteiger partial charge in [-0.15, -0.1) is 0 Å². The summed E-state index contributed by atoms with van der Waals surface area (Å²) in [5, 5.41) is 13.4. The third-order valence-corrected chi connectivity index (χ3v) is 7.75. The number of rotatable bonds is 5. The van der Waals surface area contributed by atoms with E-state index in [4.69, 9.17) is 0 Å². The number of nitrogens with zero attached hydrogens (tertiary/aromatic N) is 7. The maximum atomic E-state index is 13.0. The van der Waals surface area contributed by atoms with Crippen molar-refractivity contribution in [3.8, 4) is 6.07 Å². The van der Waals surface area contributed by atoms with Crippen LogP contribution in [0.3, 0.4) is 0 Å². The van der Waals surface area contributed by atoms with Crippen molar-refractivity contribution >= 4 is 21.7 Å². The van der Waals surface area contributed by atoms with Crippen LogP contribution in [0.4, 0.5) is 0 Å². The first kappa shape index (κ1) is 21.9. The summed E-state index contributed by atoms with van der Waals surface area (Å²) in [5.74, 6) is 0.502. The summed E-state index contributed by atoms with van der Waals surface area (Å²) >= 11 is 0. The van der Waals surface area contributed by atoms with Gasteiger partial charge in [0, 0.05) is 44.0 Å². The number of amides is 1. The molecule has 0 atom stereocenters. The van der Waals surface area contributed by atoms with Gasteiger partial charge in [-0.1, -0.05) is 12.1 Å². The van der Waals surface area contributed by atoms with Crippen molar-refractivity contribution in [2.75, 3.05) is 26.2 Å². The Labute approximate surface area is 186 Å². The van der Waals surface area contributed by atoms with E-state index < -0.39 is 10.0 Å². The van der Waals surface area contributed by atoms with Crippen LogP contribution in [0.2, 0.25) is 0 Å². The smallest absolute Gasteiger partial charge is 0.252 e. The quantitative estimate of drug-likeness (QED) is 0.566. The zero-order valence-electron chi connectivity index (χ0n) is 17.9. The van der Waals surface area contributed by atoms with E-state index in [9.17, 15) is 18.5 Å². The van der Waals surface area contributed by atoms with E-state index in [1.54, 1.807) is 21.5 Å². The molecule has 10 nitrogen and oxygen atoms in total. The number of aromatic nitrogens is 4. The van der Waals surface area contributed by atoms with Crippen LogP contribution in [0.15, 0.2) is 35.5 Å². The molecular weight excluding hydrogens is 430 g/mol. The van der Waals surface area contributed by atoms with E-state index in [2.05, 4.69) is 15.1 Å². The molecule has 0 bridgehead atoms. The maximum Gasteiger partial charge on any atom is 0.252 e. The summed E-state index contributed by atoms with van der Waals surface area (Å²) in [7, 11) is -3.79. The molecule has 0 aliphatic carbocycles. The number of benzene rings is 1. The van der Waals surface area contributed by atoms with Crippen LogP contribution >= 0.6 is 0 Å². The van der Waals surface area contributed by atoms with Crippen LogP contribution in [0, 0.1) is 25.2 Å². The topological polar surface area (TPSA) is 125 Å². The van der Waals surface area contributed by atoms with E-state index in [0.717, 1.165) is 17.0 Å². The van der Waals surface area contributed by atoms with Crippen LogP contribution in [-0.4, -0.2) is 69.3 Å². The van der Waals surface area contributed by atoms with E-state index in [0.29, 0.717) is 31.7 Å². The molecule has 0 N–H and O–H groups in total. The largest absolute Gasteiger partial charge is 0.340 e. The number of fused-ring (bicyclic) bond motifs is 1. The van der Waals surface area contributed by atoms with E-state index in [1.165, 1.54) is 22.8 Å². The second kappa shape index (κ2) is 8.64. The van der Waals surface area contributed by atoms with Crippen molar-refractivity contribution in [2.45, 2.75) is 31.6 Å². The summed E-state index contributed by atoms with van der Waals surface area (Å²) in [6.45, 7) is 4.83. The molecule has 1 aromatic carbocycles. The fourth-order valence-electron chi connectivity index (χ4n) is 4.01. The second-order valence-corrected chi connectivity index (χ2v) is 9.53. The lowest BCUT2D eigenvalue weighted by molar-refractivity contribution is -0.132. The molecule has 0 unspecified atom stereocenters. The Balaban J connectivity index is 1.40.